The van der Waals surface area contributed by atoms with Crippen molar-refractivity contribution in [1.82, 2.24) is 15.3 Å². The number of aromatic nitrogens is 2. The fourth-order valence-corrected chi connectivity index (χ4v) is 2.72. The van der Waals surface area contributed by atoms with Crippen LogP contribution in [0.25, 0.3) is 11.0 Å². The van der Waals surface area contributed by atoms with Crippen molar-refractivity contribution in [2.24, 2.45) is 11.3 Å². The summed E-state index contributed by atoms with van der Waals surface area (Å²) in [5.74, 6) is 0.981. The molecule has 3 nitrogen and oxygen atoms in total. The molecule has 4 heteroatoms. The van der Waals surface area contributed by atoms with E-state index in [9.17, 15) is 4.39 Å². The first-order chi connectivity index (χ1) is 12.1. The highest BCUT2D eigenvalue weighted by molar-refractivity contribution is 5.74. The molecule has 0 amide bonds. The van der Waals surface area contributed by atoms with Crippen molar-refractivity contribution in [3.63, 3.8) is 0 Å². The molecule has 2 aromatic rings. The molecule has 2 N–H and O–H groups in total. The minimum absolute atomic E-state index is 0.488. The monoisotopic (exact) mass is 363 g/mol. The van der Waals surface area contributed by atoms with Gasteiger partial charge in [-0.2, -0.15) is 0 Å². The van der Waals surface area contributed by atoms with Gasteiger partial charge in [0.2, 0.25) is 0 Å². The summed E-state index contributed by atoms with van der Waals surface area (Å²) in [5.41, 5.74) is 2.75. The Kier molecular flexibility index (Phi) is 9.28. The topological polar surface area (TPSA) is 40.7 Å². The Morgan fingerprint density at radius 1 is 1.12 bits per heavy atom. The van der Waals surface area contributed by atoms with Crippen LogP contribution in [0.5, 0.6) is 0 Å². The number of H-pyrrole nitrogens is 1. The molecule has 26 heavy (non-hydrogen) atoms. The van der Waals surface area contributed by atoms with E-state index in [0.29, 0.717) is 11.1 Å². The zero-order valence-corrected chi connectivity index (χ0v) is 17.7. The van der Waals surface area contributed by atoms with E-state index in [4.69, 9.17) is 0 Å². The second kappa shape index (κ2) is 10.7. The van der Waals surface area contributed by atoms with Gasteiger partial charge in [-0.1, -0.05) is 34.6 Å². The quantitative estimate of drug-likeness (QED) is 0.645. The molecule has 148 valence electrons. The van der Waals surface area contributed by atoms with Crippen molar-refractivity contribution in [1.29, 1.82) is 0 Å². The number of halogens is 1. The molecule has 0 spiro atoms. The standard InChI is InChI=1S/C9H9FN2.C8H17N.C5H12/c1-6(10)7-2-3-8-9(12-7)4-5-11-8;1-7-3-5-8(9-2)6-4-7;1-5(2,3)4/h2-6,11H,1H3;7-9H,3-6H2,1-2H3;1-4H3. The average molecular weight is 364 g/mol. The van der Waals surface area contributed by atoms with Crippen molar-refractivity contribution in [2.75, 3.05) is 7.05 Å². The number of nitrogens with zero attached hydrogens (tertiary/aromatic N) is 1. The van der Waals surface area contributed by atoms with Gasteiger partial charge in [0.15, 0.2) is 0 Å². The lowest BCUT2D eigenvalue weighted by atomic mass is 9.87. The minimum Gasteiger partial charge on any atom is -0.360 e. The first kappa shape index (κ1) is 22.6. The molecule has 1 saturated carbocycles. The highest BCUT2D eigenvalue weighted by Gasteiger charge is 2.15. The van der Waals surface area contributed by atoms with E-state index >= 15 is 0 Å². The third-order valence-electron chi connectivity index (χ3n) is 4.26. The molecule has 0 radical (unpaired) electrons. The van der Waals surface area contributed by atoms with Gasteiger partial charge in [-0.25, -0.2) is 9.37 Å². The number of alkyl halides is 1. The van der Waals surface area contributed by atoms with Crippen LogP contribution in [-0.2, 0) is 0 Å². The predicted octanol–water partition coefficient (Wildman–Crippen LogP) is 6.43. The van der Waals surface area contributed by atoms with Crippen molar-refractivity contribution in [2.45, 2.75) is 79.4 Å². The Bertz CT molecular complexity index is 614. The van der Waals surface area contributed by atoms with Crippen LogP contribution in [0.2, 0.25) is 0 Å². The van der Waals surface area contributed by atoms with E-state index in [0.717, 1.165) is 23.0 Å². The lowest BCUT2D eigenvalue weighted by molar-refractivity contribution is 0.319. The maximum absolute atomic E-state index is 12.8. The minimum atomic E-state index is -0.996. The molecule has 1 aliphatic carbocycles. The fourth-order valence-electron chi connectivity index (χ4n) is 2.72. The highest BCUT2D eigenvalue weighted by atomic mass is 19.1. The zero-order chi connectivity index (χ0) is 19.7. The third kappa shape index (κ3) is 9.33. The van der Waals surface area contributed by atoms with Crippen molar-refractivity contribution >= 4 is 11.0 Å². The van der Waals surface area contributed by atoms with Crippen LogP contribution in [-0.4, -0.2) is 23.1 Å². The smallest absolute Gasteiger partial charge is 0.139 e. The highest BCUT2D eigenvalue weighted by Crippen LogP contribution is 2.22. The molecule has 0 aliphatic heterocycles. The number of fused-ring (bicyclic) bond motifs is 1. The van der Waals surface area contributed by atoms with Crippen LogP contribution >= 0.6 is 0 Å². The van der Waals surface area contributed by atoms with E-state index in [2.05, 4.69) is 57.0 Å². The number of hydrogen-bond acceptors (Lipinski definition) is 2. The molecule has 1 unspecified atom stereocenters. The summed E-state index contributed by atoms with van der Waals surface area (Å²) >= 11 is 0. The number of hydrogen-bond donors (Lipinski definition) is 2. The lowest BCUT2D eigenvalue weighted by Crippen LogP contribution is -2.29. The maximum Gasteiger partial charge on any atom is 0.139 e. The lowest BCUT2D eigenvalue weighted by Gasteiger charge is -2.25. The summed E-state index contributed by atoms with van der Waals surface area (Å²) in [6, 6.07) is 6.19. The van der Waals surface area contributed by atoms with E-state index in [1.807, 2.05) is 12.1 Å². The molecule has 2 heterocycles. The van der Waals surface area contributed by atoms with Gasteiger partial charge in [-0.05, 0) is 69.2 Å². The second-order valence-corrected chi connectivity index (χ2v) is 9.01. The van der Waals surface area contributed by atoms with Crippen LogP contribution in [0.15, 0.2) is 24.4 Å². The van der Waals surface area contributed by atoms with E-state index in [-0.39, 0.29) is 0 Å². The summed E-state index contributed by atoms with van der Waals surface area (Å²) in [5, 5.41) is 3.32. The van der Waals surface area contributed by atoms with Gasteiger partial charge in [0.25, 0.3) is 0 Å². The molecule has 0 saturated heterocycles. The maximum atomic E-state index is 12.8. The van der Waals surface area contributed by atoms with Crippen molar-refractivity contribution in [3.8, 4) is 0 Å². The van der Waals surface area contributed by atoms with Crippen LogP contribution < -0.4 is 5.32 Å². The predicted molar refractivity (Wildman–Crippen MR) is 111 cm³/mol. The third-order valence-corrected chi connectivity index (χ3v) is 4.26. The normalized spacial score (nSPS) is 21.2. The number of rotatable bonds is 2. The summed E-state index contributed by atoms with van der Waals surface area (Å²) in [7, 11) is 2.07. The van der Waals surface area contributed by atoms with Crippen LogP contribution in [0.1, 0.15) is 79.1 Å². The van der Waals surface area contributed by atoms with Gasteiger partial charge < -0.3 is 10.3 Å². The van der Waals surface area contributed by atoms with Crippen LogP contribution in [0.3, 0.4) is 0 Å². The van der Waals surface area contributed by atoms with Crippen LogP contribution in [0, 0.1) is 11.3 Å². The molecule has 0 aromatic carbocycles. The van der Waals surface area contributed by atoms with E-state index < -0.39 is 6.17 Å². The Morgan fingerprint density at radius 2 is 1.69 bits per heavy atom. The van der Waals surface area contributed by atoms with Gasteiger partial charge >= 0.3 is 0 Å². The largest absolute Gasteiger partial charge is 0.360 e. The van der Waals surface area contributed by atoms with Gasteiger partial charge in [0.05, 0.1) is 16.7 Å². The summed E-state index contributed by atoms with van der Waals surface area (Å²) in [4.78, 5) is 7.13. The molecular weight excluding hydrogens is 325 g/mol. The fraction of sp³-hybridized carbons (Fsp3) is 0.682. The van der Waals surface area contributed by atoms with Crippen LogP contribution in [0.4, 0.5) is 4.39 Å². The summed E-state index contributed by atoms with van der Waals surface area (Å²) < 4.78 is 12.8. The molecule has 3 rings (SSSR count). The SMILES string of the molecule is CC(C)(C)C.CC(F)c1ccc2[nH]ccc2n1.CNC1CCC(C)CC1. The van der Waals surface area contributed by atoms with Crippen molar-refractivity contribution < 1.29 is 4.39 Å². The first-order valence-electron chi connectivity index (χ1n) is 9.85. The molecule has 1 atom stereocenters. The Labute approximate surface area is 159 Å². The number of nitrogens with one attached hydrogen (secondary N) is 2. The average Bonchev–Trinajstić information content (AvgIpc) is 3.02. The van der Waals surface area contributed by atoms with Gasteiger partial charge in [-0.3, -0.25) is 0 Å². The zero-order valence-electron chi connectivity index (χ0n) is 17.7. The second-order valence-electron chi connectivity index (χ2n) is 9.01. The van der Waals surface area contributed by atoms with E-state index in [1.165, 1.54) is 32.6 Å². The molecule has 2 aromatic heterocycles. The summed E-state index contributed by atoms with van der Waals surface area (Å²) in [6.45, 7) is 12.6. The molecule has 1 fully saturated rings. The Morgan fingerprint density at radius 3 is 2.19 bits per heavy atom. The van der Waals surface area contributed by atoms with Gasteiger partial charge in [-0.15, -0.1) is 0 Å². The van der Waals surface area contributed by atoms with Gasteiger partial charge in [0.1, 0.15) is 6.17 Å². The molecule has 0 bridgehead atoms. The molecule has 1 aliphatic rings. The number of pyridine rings is 1. The Balaban J connectivity index is 0.000000214. The van der Waals surface area contributed by atoms with Gasteiger partial charge in [0, 0.05) is 12.2 Å². The number of aromatic amines is 1. The molecular formula is C22H38FN3. The van der Waals surface area contributed by atoms with E-state index in [1.54, 1.807) is 12.3 Å². The van der Waals surface area contributed by atoms with Crippen molar-refractivity contribution in [3.05, 3.63) is 30.1 Å². The first-order valence-corrected chi connectivity index (χ1v) is 9.85. The Hall–Kier alpha value is -1.42. The summed E-state index contributed by atoms with van der Waals surface area (Å²) in [6.07, 6.45) is 6.42.